The molecule has 1 heteroatoms. The molecule has 1 heterocycles. The summed E-state index contributed by atoms with van der Waals surface area (Å²) in [6.07, 6.45) is 4.86. The second-order valence-electron chi connectivity index (χ2n) is 5.39. The molecule has 0 spiro atoms. The van der Waals surface area contributed by atoms with Crippen molar-refractivity contribution in [2.45, 2.75) is 27.7 Å². The summed E-state index contributed by atoms with van der Waals surface area (Å²) in [4.78, 5) is 0. The summed E-state index contributed by atoms with van der Waals surface area (Å²) in [5, 5.41) is 0. The average Bonchev–Trinajstić information content (AvgIpc) is 2.61. The van der Waals surface area contributed by atoms with E-state index < -0.39 is 0 Å². The van der Waals surface area contributed by atoms with E-state index >= 15 is 0 Å². The van der Waals surface area contributed by atoms with E-state index in [1.807, 2.05) is 0 Å². The normalized spacial score (nSPS) is 39.6. The van der Waals surface area contributed by atoms with Gasteiger partial charge in [-0.15, -0.1) is 0 Å². The van der Waals surface area contributed by atoms with Gasteiger partial charge in [0.15, 0.2) is 0 Å². The zero-order chi connectivity index (χ0) is 11.0. The van der Waals surface area contributed by atoms with Crippen LogP contribution in [0.3, 0.4) is 0 Å². The first-order valence-corrected chi connectivity index (χ1v) is 6.00. The van der Waals surface area contributed by atoms with Crippen LogP contribution in [0.5, 0.6) is 0 Å². The van der Waals surface area contributed by atoms with Crippen LogP contribution in [-0.4, -0.2) is 13.2 Å². The van der Waals surface area contributed by atoms with Crippen LogP contribution in [0, 0.1) is 23.7 Å². The third-order valence-electron chi connectivity index (χ3n) is 4.01. The number of hydrogen-bond acceptors (Lipinski definition) is 1. The van der Waals surface area contributed by atoms with E-state index in [-0.39, 0.29) is 0 Å². The Morgan fingerprint density at radius 3 is 2.67 bits per heavy atom. The molecule has 1 fully saturated rings. The van der Waals surface area contributed by atoms with Crippen molar-refractivity contribution in [1.82, 2.24) is 0 Å². The summed E-state index contributed by atoms with van der Waals surface area (Å²) in [6, 6.07) is 0. The second-order valence-corrected chi connectivity index (χ2v) is 5.39. The Bertz CT molecular complexity index is 296. The molecule has 0 radical (unpaired) electrons. The maximum absolute atomic E-state index is 5.66. The molecular formula is C14H22O. The van der Waals surface area contributed by atoms with Crippen molar-refractivity contribution in [3.8, 4) is 0 Å². The predicted molar refractivity (Wildman–Crippen MR) is 63.6 cm³/mol. The smallest absolute Gasteiger partial charge is 0.0506 e. The molecule has 15 heavy (non-hydrogen) atoms. The SMILES string of the molecule is CC(C)=CC1C=C(C)C(C)C2COCC12. The standard InChI is InChI=1S/C14H22O/c1-9(2)5-12-6-10(3)11(4)13-7-15-8-14(12)13/h5-6,11-14H,7-8H2,1-4H3. The molecular weight excluding hydrogens is 184 g/mol. The van der Waals surface area contributed by atoms with E-state index in [0.29, 0.717) is 11.8 Å². The number of ether oxygens (including phenoxy) is 1. The second kappa shape index (κ2) is 4.13. The highest BCUT2D eigenvalue weighted by Crippen LogP contribution is 2.42. The van der Waals surface area contributed by atoms with Crippen LogP contribution >= 0.6 is 0 Å². The molecule has 0 aromatic rings. The first-order chi connectivity index (χ1) is 7.09. The summed E-state index contributed by atoms with van der Waals surface area (Å²) in [7, 11) is 0. The van der Waals surface area contributed by atoms with E-state index in [0.717, 1.165) is 25.0 Å². The fraction of sp³-hybridized carbons (Fsp3) is 0.714. The maximum Gasteiger partial charge on any atom is 0.0506 e. The molecule has 1 aliphatic carbocycles. The Labute approximate surface area is 93.2 Å². The minimum Gasteiger partial charge on any atom is -0.381 e. The first-order valence-electron chi connectivity index (χ1n) is 6.00. The van der Waals surface area contributed by atoms with Crippen molar-refractivity contribution in [1.29, 1.82) is 0 Å². The zero-order valence-electron chi connectivity index (χ0n) is 10.3. The Hall–Kier alpha value is -0.560. The summed E-state index contributed by atoms with van der Waals surface area (Å²) < 4.78 is 5.66. The van der Waals surface area contributed by atoms with Gasteiger partial charge in [-0.1, -0.05) is 30.2 Å². The largest absolute Gasteiger partial charge is 0.381 e. The third kappa shape index (κ3) is 2.03. The van der Waals surface area contributed by atoms with Crippen LogP contribution in [0.25, 0.3) is 0 Å². The van der Waals surface area contributed by atoms with Crippen LogP contribution in [0.15, 0.2) is 23.3 Å². The molecule has 84 valence electrons. The Kier molecular flexibility index (Phi) is 3.01. The summed E-state index contributed by atoms with van der Waals surface area (Å²) >= 11 is 0. The first kappa shape index (κ1) is 10.9. The van der Waals surface area contributed by atoms with Gasteiger partial charge in [0.2, 0.25) is 0 Å². The molecule has 1 saturated heterocycles. The molecule has 0 bridgehead atoms. The predicted octanol–water partition coefficient (Wildman–Crippen LogP) is 3.43. The molecule has 4 unspecified atom stereocenters. The molecule has 0 amide bonds. The topological polar surface area (TPSA) is 9.23 Å². The van der Waals surface area contributed by atoms with Gasteiger partial charge in [0.25, 0.3) is 0 Å². The van der Waals surface area contributed by atoms with Crippen LogP contribution in [0.2, 0.25) is 0 Å². The Morgan fingerprint density at radius 1 is 1.33 bits per heavy atom. The van der Waals surface area contributed by atoms with Crippen molar-refractivity contribution in [3.63, 3.8) is 0 Å². The minimum atomic E-state index is 0.610. The van der Waals surface area contributed by atoms with Gasteiger partial charge in [0.05, 0.1) is 13.2 Å². The van der Waals surface area contributed by atoms with Crippen LogP contribution in [0.1, 0.15) is 27.7 Å². The highest BCUT2D eigenvalue weighted by atomic mass is 16.5. The molecule has 0 N–H and O–H groups in total. The van der Waals surface area contributed by atoms with Crippen molar-refractivity contribution in [2.75, 3.05) is 13.2 Å². The van der Waals surface area contributed by atoms with E-state index in [2.05, 4.69) is 39.8 Å². The fourth-order valence-electron chi connectivity index (χ4n) is 2.97. The molecule has 1 nitrogen and oxygen atoms in total. The lowest BCUT2D eigenvalue weighted by Crippen LogP contribution is -2.30. The van der Waals surface area contributed by atoms with Gasteiger partial charge in [-0.25, -0.2) is 0 Å². The summed E-state index contributed by atoms with van der Waals surface area (Å²) in [5.74, 6) is 2.78. The van der Waals surface area contributed by atoms with Gasteiger partial charge in [-0.3, -0.25) is 0 Å². The summed E-state index contributed by atoms with van der Waals surface area (Å²) in [6.45, 7) is 10.9. The quantitative estimate of drug-likeness (QED) is 0.597. The van der Waals surface area contributed by atoms with Gasteiger partial charge in [0.1, 0.15) is 0 Å². The molecule has 0 saturated carbocycles. The van der Waals surface area contributed by atoms with Crippen molar-refractivity contribution < 1.29 is 4.74 Å². The molecule has 2 rings (SSSR count). The lowest BCUT2D eigenvalue weighted by Gasteiger charge is -2.34. The van der Waals surface area contributed by atoms with Crippen molar-refractivity contribution >= 4 is 0 Å². The van der Waals surface area contributed by atoms with Gasteiger partial charge in [-0.05, 0) is 38.5 Å². The number of allylic oxidation sites excluding steroid dienone is 4. The van der Waals surface area contributed by atoms with Crippen LogP contribution < -0.4 is 0 Å². The maximum atomic E-state index is 5.66. The van der Waals surface area contributed by atoms with E-state index in [9.17, 15) is 0 Å². The Morgan fingerprint density at radius 2 is 2.00 bits per heavy atom. The lowest BCUT2D eigenvalue weighted by molar-refractivity contribution is 0.176. The van der Waals surface area contributed by atoms with E-state index in [1.165, 1.54) is 5.57 Å². The van der Waals surface area contributed by atoms with E-state index in [4.69, 9.17) is 4.74 Å². The zero-order valence-corrected chi connectivity index (χ0v) is 10.3. The van der Waals surface area contributed by atoms with Crippen molar-refractivity contribution in [2.24, 2.45) is 23.7 Å². The van der Waals surface area contributed by atoms with E-state index in [1.54, 1.807) is 5.57 Å². The number of rotatable bonds is 1. The van der Waals surface area contributed by atoms with Crippen LogP contribution in [-0.2, 0) is 4.74 Å². The Balaban J connectivity index is 2.27. The number of hydrogen-bond donors (Lipinski definition) is 0. The molecule has 4 atom stereocenters. The van der Waals surface area contributed by atoms with Crippen LogP contribution in [0.4, 0.5) is 0 Å². The highest BCUT2D eigenvalue weighted by molar-refractivity contribution is 5.20. The van der Waals surface area contributed by atoms with Gasteiger partial charge < -0.3 is 4.74 Å². The third-order valence-corrected chi connectivity index (χ3v) is 4.01. The molecule has 2 aliphatic rings. The monoisotopic (exact) mass is 206 g/mol. The summed E-state index contributed by atoms with van der Waals surface area (Å²) in [5.41, 5.74) is 2.97. The molecule has 0 aromatic carbocycles. The average molecular weight is 206 g/mol. The van der Waals surface area contributed by atoms with Gasteiger partial charge in [0, 0.05) is 5.92 Å². The van der Waals surface area contributed by atoms with Gasteiger partial charge in [-0.2, -0.15) is 0 Å². The van der Waals surface area contributed by atoms with Gasteiger partial charge >= 0.3 is 0 Å². The minimum absolute atomic E-state index is 0.610. The lowest BCUT2D eigenvalue weighted by atomic mass is 9.69. The molecule has 0 aromatic heterocycles. The molecule has 1 aliphatic heterocycles. The fourth-order valence-corrected chi connectivity index (χ4v) is 2.97. The van der Waals surface area contributed by atoms with Crippen molar-refractivity contribution in [3.05, 3.63) is 23.3 Å². The highest BCUT2D eigenvalue weighted by Gasteiger charge is 2.39. The number of fused-ring (bicyclic) bond motifs is 1.